The van der Waals surface area contributed by atoms with Crippen LogP contribution in [-0.4, -0.2) is 74.3 Å². The number of hydrogen-bond donors (Lipinski definition) is 2. The zero-order valence-corrected chi connectivity index (χ0v) is 56.2. The number of hydrogen-bond acceptors (Lipinski definition) is 6. The number of likely N-dealkylation sites (N-methyl/N-ethyl adjacent to an activating group) is 1. The number of unbranched alkanes of at least 4 members (excludes halogenated alkanes) is 22. The van der Waals surface area contributed by atoms with Crippen molar-refractivity contribution in [3.8, 4) is 0 Å². The Hall–Kier alpha value is -4.11. The van der Waals surface area contributed by atoms with E-state index in [9.17, 15) is 19.0 Å². The molecule has 0 spiro atoms. The average Bonchev–Trinajstić information content (AvgIpc) is 3.64. The van der Waals surface area contributed by atoms with Gasteiger partial charge in [0.15, 0.2) is 0 Å². The molecule has 0 aliphatic rings. The zero-order chi connectivity index (χ0) is 62.1. The van der Waals surface area contributed by atoms with E-state index in [0.717, 1.165) is 167 Å². The molecule has 0 aromatic carbocycles. The number of nitrogens with one attached hydrogen (secondary N) is 1. The number of carbonyl (C=O) groups is 2. The van der Waals surface area contributed by atoms with Gasteiger partial charge in [0, 0.05) is 12.8 Å². The van der Waals surface area contributed by atoms with Crippen LogP contribution in [0, 0.1) is 0 Å². The predicted molar refractivity (Wildman–Crippen MR) is 369 cm³/mol. The van der Waals surface area contributed by atoms with E-state index < -0.39 is 20.0 Å². The molecule has 9 nitrogen and oxygen atoms in total. The van der Waals surface area contributed by atoms with Crippen molar-refractivity contribution in [3.05, 3.63) is 146 Å². The molecule has 0 aliphatic carbocycles. The molecule has 0 fully saturated rings. The topological polar surface area (TPSA) is 111 Å². The van der Waals surface area contributed by atoms with Crippen molar-refractivity contribution in [1.82, 2.24) is 5.32 Å². The molecule has 484 valence electrons. The van der Waals surface area contributed by atoms with E-state index in [0.29, 0.717) is 17.4 Å². The van der Waals surface area contributed by atoms with E-state index in [2.05, 4.69) is 160 Å². The summed E-state index contributed by atoms with van der Waals surface area (Å²) >= 11 is 0. The van der Waals surface area contributed by atoms with E-state index >= 15 is 0 Å². The summed E-state index contributed by atoms with van der Waals surface area (Å²) in [4.78, 5) is 37.9. The van der Waals surface area contributed by atoms with Gasteiger partial charge in [-0.3, -0.25) is 18.6 Å². The maximum Gasteiger partial charge on any atom is 0.472 e. The smallest absolute Gasteiger partial charge is 0.456 e. The largest absolute Gasteiger partial charge is 0.472 e. The molecule has 1 amide bonds. The molecule has 85 heavy (non-hydrogen) atoms. The number of ether oxygens (including phenoxy) is 1. The van der Waals surface area contributed by atoms with Gasteiger partial charge in [-0.05, 0) is 128 Å². The monoisotopic (exact) mass is 1200 g/mol. The van der Waals surface area contributed by atoms with Crippen LogP contribution in [-0.2, 0) is 27.9 Å². The molecule has 10 heteroatoms. The summed E-state index contributed by atoms with van der Waals surface area (Å²) in [6.45, 7) is 6.75. The molecular formula is C75H128N2O7P+. The van der Waals surface area contributed by atoms with E-state index in [-0.39, 0.29) is 31.5 Å². The zero-order valence-electron chi connectivity index (χ0n) is 55.3. The number of amides is 1. The molecule has 2 N–H and O–H groups in total. The first-order valence-corrected chi connectivity index (χ1v) is 35.7. The third-order valence-electron chi connectivity index (χ3n) is 14.3. The van der Waals surface area contributed by atoms with Gasteiger partial charge in [0.25, 0.3) is 0 Å². The van der Waals surface area contributed by atoms with E-state index in [1.54, 1.807) is 0 Å². The molecule has 0 rings (SSSR count). The lowest BCUT2D eigenvalue weighted by molar-refractivity contribution is -0.870. The van der Waals surface area contributed by atoms with Crippen molar-refractivity contribution < 1.29 is 37.3 Å². The lowest BCUT2D eigenvalue weighted by Crippen LogP contribution is -2.47. The van der Waals surface area contributed by atoms with Gasteiger partial charge in [-0.25, -0.2) is 4.57 Å². The van der Waals surface area contributed by atoms with Gasteiger partial charge in [-0.1, -0.05) is 270 Å². The van der Waals surface area contributed by atoms with Crippen molar-refractivity contribution in [1.29, 1.82) is 0 Å². The Morgan fingerprint density at radius 3 is 1.13 bits per heavy atom. The third kappa shape index (κ3) is 64.2. The minimum absolute atomic E-state index is 0.0268. The molecule has 0 bridgehead atoms. The van der Waals surface area contributed by atoms with Crippen molar-refractivity contribution >= 4 is 19.7 Å². The minimum atomic E-state index is -4.47. The second kappa shape index (κ2) is 62.9. The number of quaternary nitrogens is 1. The second-order valence-corrected chi connectivity index (χ2v) is 25.0. The van der Waals surface area contributed by atoms with Gasteiger partial charge in [0.05, 0.1) is 33.8 Å². The van der Waals surface area contributed by atoms with Gasteiger partial charge in [-0.2, -0.15) is 0 Å². The number of phosphoric acid groups is 1. The lowest BCUT2D eigenvalue weighted by atomic mass is 10.1. The van der Waals surface area contributed by atoms with Crippen LogP contribution >= 0.6 is 7.82 Å². The number of allylic oxidation sites excluding steroid dienone is 23. The van der Waals surface area contributed by atoms with E-state index in [1.807, 2.05) is 33.3 Å². The highest BCUT2D eigenvalue weighted by Gasteiger charge is 2.30. The number of esters is 1. The second-order valence-electron chi connectivity index (χ2n) is 23.6. The Labute approximate surface area is 523 Å². The molecule has 0 radical (unpaired) electrons. The SMILES string of the molecule is CC/C=C\C/C=C\C/C=C\C/C=C\C/C=C\C/C=C\CCCCCCCCC(=O)NC(COP(=O)(O)OCC[N+](C)(C)C)C(/C=C/CCCCCCCCCCC)OC(=O)CCCCCCCCC/C=C\C/C=C\C/C=C\C/C=C\C/C=C\CC. The molecule has 0 aliphatic heterocycles. The van der Waals surface area contributed by atoms with Crippen molar-refractivity contribution in [3.63, 3.8) is 0 Å². The maximum absolute atomic E-state index is 13.6. The van der Waals surface area contributed by atoms with E-state index in [1.165, 1.54) is 64.2 Å². The molecular weight excluding hydrogens is 1070 g/mol. The molecule has 0 aromatic heterocycles. The third-order valence-corrected chi connectivity index (χ3v) is 15.3. The number of carbonyl (C=O) groups excluding carboxylic acids is 2. The Bertz CT molecular complexity index is 1960. The molecule has 0 saturated heterocycles. The highest BCUT2D eigenvalue weighted by Crippen LogP contribution is 2.43. The van der Waals surface area contributed by atoms with Crippen LogP contribution in [0.4, 0.5) is 0 Å². The van der Waals surface area contributed by atoms with Crippen LogP contribution in [0.15, 0.2) is 146 Å². The first-order valence-electron chi connectivity index (χ1n) is 34.2. The Morgan fingerprint density at radius 2 is 0.753 bits per heavy atom. The van der Waals surface area contributed by atoms with Gasteiger partial charge < -0.3 is 19.4 Å². The number of nitrogens with zero attached hydrogens (tertiary/aromatic N) is 1. The van der Waals surface area contributed by atoms with Gasteiger partial charge in [0.2, 0.25) is 5.91 Å². The predicted octanol–water partition coefficient (Wildman–Crippen LogP) is 21.8. The fourth-order valence-corrected chi connectivity index (χ4v) is 9.82. The van der Waals surface area contributed by atoms with Gasteiger partial charge in [0.1, 0.15) is 19.3 Å². The Balaban J connectivity index is 5.16. The quantitative estimate of drug-likeness (QED) is 0.0205. The van der Waals surface area contributed by atoms with Gasteiger partial charge >= 0.3 is 13.8 Å². The van der Waals surface area contributed by atoms with Crippen LogP contribution in [0.2, 0.25) is 0 Å². The first kappa shape index (κ1) is 80.9. The van der Waals surface area contributed by atoms with Crippen molar-refractivity contribution in [2.75, 3.05) is 40.9 Å². The molecule has 0 heterocycles. The standard InChI is InChI=1S/C75H127N2O7P/c1-7-10-13-16-19-22-25-27-29-31-33-35-37-38-40-41-43-45-47-49-52-55-58-61-64-67-74(78)76-72(71-83-85(80,81)82-70-69-77(4,5)6)73(66-63-60-57-54-51-24-21-18-15-12-9-3)84-75(79)68-65-62-59-56-53-50-48-46-44-42-39-36-34-32-30-28-26-23-20-17-14-11-8-2/h10-11,13-14,19-20,22-23,27-30,33-36,38,40,42-45,63,66,72-73H,7-9,12,15-18,21,24-26,31-32,37,39,41,46-62,64-65,67-71H2,1-6H3,(H-,76,78,80,81)/p+1/b13-10-,14-11-,22-19-,23-20-,29-27-,30-28-,35-33-,36-34-,40-38-,44-42-,45-43-,66-63+. The van der Waals surface area contributed by atoms with Crippen molar-refractivity contribution in [2.45, 2.75) is 277 Å². The number of phosphoric ester groups is 1. The van der Waals surface area contributed by atoms with Crippen LogP contribution in [0.1, 0.15) is 265 Å². The summed E-state index contributed by atoms with van der Waals surface area (Å²) in [6, 6.07) is -0.873. The van der Waals surface area contributed by atoms with Gasteiger partial charge in [-0.15, -0.1) is 0 Å². The van der Waals surface area contributed by atoms with Crippen LogP contribution in [0.25, 0.3) is 0 Å². The first-order chi connectivity index (χ1) is 41.4. The summed E-state index contributed by atoms with van der Waals surface area (Å²) in [7, 11) is 1.46. The molecule has 3 unspecified atom stereocenters. The minimum Gasteiger partial charge on any atom is -0.456 e. The maximum atomic E-state index is 13.6. The highest BCUT2D eigenvalue weighted by atomic mass is 31.2. The fourth-order valence-electron chi connectivity index (χ4n) is 9.09. The normalized spacial score (nSPS) is 14.5. The summed E-state index contributed by atoms with van der Waals surface area (Å²) in [5.74, 6) is -0.544. The summed E-state index contributed by atoms with van der Waals surface area (Å²) in [5.41, 5.74) is 0. The highest BCUT2D eigenvalue weighted by molar-refractivity contribution is 7.47. The van der Waals surface area contributed by atoms with Crippen LogP contribution < -0.4 is 5.32 Å². The van der Waals surface area contributed by atoms with Crippen LogP contribution in [0.3, 0.4) is 0 Å². The molecule has 0 saturated carbocycles. The Kier molecular flexibility index (Phi) is 59.9. The fraction of sp³-hybridized carbons (Fsp3) is 0.653. The summed E-state index contributed by atoms with van der Waals surface area (Å²) in [5, 5.41) is 3.05. The lowest BCUT2D eigenvalue weighted by Gasteiger charge is -2.27. The summed E-state index contributed by atoms with van der Waals surface area (Å²) in [6.07, 6.45) is 91.4. The average molecular weight is 1200 g/mol. The van der Waals surface area contributed by atoms with Crippen LogP contribution in [0.5, 0.6) is 0 Å². The van der Waals surface area contributed by atoms with E-state index in [4.69, 9.17) is 13.8 Å². The summed E-state index contributed by atoms with van der Waals surface area (Å²) < 4.78 is 30.8. The molecule has 0 aromatic rings. The molecule has 3 atom stereocenters. The number of rotatable bonds is 60. The van der Waals surface area contributed by atoms with Crippen molar-refractivity contribution in [2.24, 2.45) is 0 Å². The Morgan fingerprint density at radius 1 is 0.424 bits per heavy atom.